The molecule has 0 aliphatic carbocycles. The van der Waals surface area contributed by atoms with E-state index in [1.54, 1.807) is 24.1 Å². The molecule has 0 saturated carbocycles. The van der Waals surface area contributed by atoms with E-state index in [1.807, 2.05) is 17.9 Å². The van der Waals surface area contributed by atoms with E-state index in [-0.39, 0.29) is 29.8 Å². The maximum Gasteiger partial charge on any atom is 0.417 e. The molecule has 2 unspecified atom stereocenters. The zero-order valence-corrected chi connectivity index (χ0v) is 32.9. The average Bonchev–Trinajstić information content (AvgIpc) is 3.56. The number of anilines is 4. The highest BCUT2D eigenvalue weighted by Crippen LogP contribution is 2.39. The van der Waals surface area contributed by atoms with Crippen LogP contribution in [0, 0.1) is 17.2 Å². The number of rotatable bonds is 8. The topological polar surface area (TPSA) is 116 Å². The fourth-order valence-electron chi connectivity index (χ4n) is 9.42. The summed E-state index contributed by atoms with van der Waals surface area (Å²) in [6.45, 7) is 10.9. The lowest BCUT2D eigenvalue weighted by atomic mass is 9.95. The molecule has 3 amide bonds. The predicted octanol–water partition coefficient (Wildman–Crippen LogP) is 5.10. The number of nitrogens with zero attached hydrogens (tertiary/aromatic N) is 7. The molecule has 58 heavy (non-hydrogen) atoms. The number of nitrogens with one attached hydrogen (secondary N) is 1. The van der Waals surface area contributed by atoms with E-state index in [1.165, 1.54) is 11.8 Å². The molecule has 3 aromatic carbocycles. The lowest BCUT2D eigenvalue weighted by Crippen LogP contribution is -2.52. The van der Waals surface area contributed by atoms with E-state index in [9.17, 15) is 32.8 Å². The second kappa shape index (κ2) is 16.0. The molecule has 0 spiro atoms. The Bertz CT molecular complexity index is 2090. The fraction of sp³-hybridized carbons (Fsp3) is 0.488. The van der Waals surface area contributed by atoms with E-state index in [0.717, 1.165) is 81.7 Å². The van der Waals surface area contributed by atoms with Crippen LogP contribution >= 0.6 is 0 Å². The normalized spacial score (nSPS) is 22.3. The van der Waals surface area contributed by atoms with E-state index in [0.29, 0.717) is 55.5 Å². The van der Waals surface area contributed by atoms with Gasteiger partial charge in [0.2, 0.25) is 11.8 Å². The molecule has 0 aromatic heterocycles. The summed E-state index contributed by atoms with van der Waals surface area (Å²) in [4.78, 5) is 50.9. The van der Waals surface area contributed by atoms with Gasteiger partial charge in [0, 0.05) is 113 Å². The van der Waals surface area contributed by atoms with Gasteiger partial charge in [-0.05, 0) is 86.2 Å². The maximum absolute atomic E-state index is 13.6. The van der Waals surface area contributed by atoms with Crippen LogP contribution in [0.25, 0.3) is 0 Å². The van der Waals surface area contributed by atoms with E-state index >= 15 is 0 Å². The smallest absolute Gasteiger partial charge is 0.417 e. The molecule has 4 saturated heterocycles. The van der Waals surface area contributed by atoms with Gasteiger partial charge in [0.15, 0.2) is 0 Å². The van der Waals surface area contributed by atoms with Crippen molar-refractivity contribution in [1.82, 2.24) is 15.1 Å². The molecule has 1 N–H and O–H groups in total. The quantitative estimate of drug-likeness (QED) is 0.309. The Labute approximate surface area is 336 Å². The molecule has 5 aliphatic rings. The zero-order chi connectivity index (χ0) is 40.7. The Morgan fingerprint density at radius 3 is 2.09 bits per heavy atom. The number of piperazine rings is 2. The molecule has 306 valence electrons. The monoisotopic (exact) mass is 798 g/mol. The maximum atomic E-state index is 13.6. The number of carbonyl (C=O) groups is 3. The van der Waals surface area contributed by atoms with Crippen LogP contribution in [0.2, 0.25) is 0 Å². The summed E-state index contributed by atoms with van der Waals surface area (Å²) in [5.74, 6) is 0.165. The standard InChI is InChI=1S/C43H49F3N8O4/c1-28-25-52(19-20-53(28)34-4-3-30(24-47)36(22-34)43(44,45)46)33-7-5-32(6-8-33)50-13-11-29(12-14-50)26-49-15-17-51(18-16-49)35-21-31-27-54(37-9-10-39(55)48-41(37)56)42(57)40(31)38(23-35)58-2/h3-8,21-23,28-29,37H,9-20,25-27H2,1-2H3,(H,48,55,56). The van der Waals surface area contributed by atoms with Crippen molar-refractivity contribution in [3.63, 3.8) is 0 Å². The van der Waals surface area contributed by atoms with Crippen LogP contribution in [-0.4, -0.2) is 112 Å². The third-order valence-electron chi connectivity index (χ3n) is 12.6. The molecule has 0 bridgehead atoms. The number of fused-ring (bicyclic) bond motifs is 1. The summed E-state index contributed by atoms with van der Waals surface area (Å²) < 4.78 is 46.5. The third kappa shape index (κ3) is 7.86. The number of halogens is 3. The number of hydrogen-bond donors (Lipinski definition) is 1. The molecule has 5 aliphatic heterocycles. The van der Waals surface area contributed by atoms with Crippen molar-refractivity contribution in [3.8, 4) is 11.8 Å². The van der Waals surface area contributed by atoms with Crippen LogP contribution < -0.4 is 29.7 Å². The molecule has 5 heterocycles. The Morgan fingerprint density at radius 1 is 0.793 bits per heavy atom. The molecular formula is C43H49F3N8O4. The second-order valence-corrected chi connectivity index (χ2v) is 16.1. The molecule has 12 nitrogen and oxygen atoms in total. The number of methoxy groups -OCH3 is 1. The number of amides is 3. The highest BCUT2D eigenvalue weighted by Gasteiger charge is 2.41. The minimum Gasteiger partial charge on any atom is -0.496 e. The highest BCUT2D eigenvalue weighted by atomic mass is 19.4. The molecule has 15 heteroatoms. The predicted molar refractivity (Wildman–Crippen MR) is 214 cm³/mol. The molecule has 0 radical (unpaired) electrons. The lowest BCUT2D eigenvalue weighted by Gasteiger charge is -2.42. The van der Waals surface area contributed by atoms with E-state index in [2.05, 4.69) is 55.2 Å². The molecule has 2 atom stereocenters. The number of benzene rings is 3. The van der Waals surface area contributed by atoms with Crippen molar-refractivity contribution < 1.29 is 32.3 Å². The molecule has 4 fully saturated rings. The van der Waals surface area contributed by atoms with Crippen LogP contribution in [-0.2, 0) is 22.3 Å². The van der Waals surface area contributed by atoms with Crippen LogP contribution in [0.4, 0.5) is 35.9 Å². The summed E-state index contributed by atoms with van der Waals surface area (Å²) in [6.07, 6.45) is -1.81. The Hall–Kier alpha value is -5.49. The number of alkyl halides is 3. The SMILES string of the molecule is COc1cc(N2CCN(CC3CCN(c4ccc(N5CCN(c6ccc(C#N)c(C(F)(F)F)c6)C(C)C5)cc4)CC3)CC2)cc2c1C(=O)N(C1CCC(=O)NC1=O)C2. The highest BCUT2D eigenvalue weighted by molar-refractivity contribution is 6.06. The first-order chi connectivity index (χ1) is 27.9. The van der Waals surface area contributed by atoms with Crippen LogP contribution in [0.1, 0.15) is 59.7 Å². The largest absolute Gasteiger partial charge is 0.496 e. The average molecular weight is 799 g/mol. The lowest BCUT2D eigenvalue weighted by molar-refractivity contribution is -0.138. The number of imide groups is 1. The van der Waals surface area contributed by atoms with Gasteiger partial charge in [-0.15, -0.1) is 0 Å². The van der Waals surface area contributed by atoms with Crippen molar-refractivity contribution in [2.75, 3.05) is 92.2 Å². The first kappa shape index (κ1) is 39.3. The van der Waals surface area contributed by atoms with Gasteiger partial charge < -0.3 is 29.2 Å². The molecular weight excluding hydrogens is 750 g/mol. The van der Waals surface area contributed by atoms with Gasteiger partial charge in [-0.25, -0.2) is 0 Å². The summed E-state index contributed by atoms with van der Waals surface area (Å²) in [5, 5.41) is 11.5. The van der Waals surface area contributed by atoms with Gasteiger partial charge in [0.25, 0.3) is 5.91 Å². The number of piperidine rings is 2. The number of hydrogen-bond acceptors (Lipinski definition) is 10. The van der Waals surface area contributed by atoms with Crippen molar-refractivity contribution >= 4 is 40.5 Å². The number of carbonyl (C=O) groups excluding carboxylic acids is 3. The van der Waals surface area contributed by atoms with Crippen molar-refractivity contribution in [2.24, 2.45) is 5.92 Å². The number of ether oxygens (including phenoxy) is 1. The van der Waals surface area contributed by atoms with Gasteiger partial charge in [0.1, 0.15) is 11.8 Å². The van der Waals surface area contributed by atoms with Crippen LogP contribution in [0.3, 0.4) is 0 Å². The fourth-order valence-corrected chi connectivity index (χ4v) is 9.42. The van der Waals surface area contributed by atoms with Crippen molar-refractivity contribution in [3.05, 3.63) is 76.9 Å². The minimum absolute atomic E-state index is 0.0149. The van der Waals surface area contributed by atoms with Gasteiger partial charge in [-0.2, -0.15) is 18.4 Å². The zero-order valence-electron chi connectivity index (χ0n) is 32.9. The number of nitriles is 1. The Balaban J connectivity index is 0.801. The van der Waals surface area contributed by atoms with Gasteiger partial charge >= 0.3 is 6.18 Å². The van der Waals surface area contributed by atoms with Gasteiger partial charge in [-0.3, -0.25) is 24.6 Å². The van der Waals surface area contributed by atoms with Gasteiger partial charge in [0.05, 0.1) is 29.9 Å². The van der Waals surface area contributed by atoms with E-state index < -0.39 is 23.7 Å². The van der Waals surface area contributed by atoms with Crippen LogP contribution in [0.5, 0.6) is 5.75 Å². The van der Waals surface area contributed by atoms with Crippen LogP contribution in [0.15, 0.2) is 54.6 Å². The molecule has 8 rings (SSSR count). The second-order valence-electron chi connectivity index (χ2n) is 16.1. The Morgan fingerprint density at radius 2 is 1.45 bits per heavy atom. The van der Waals surface area contributed by atoms with E-state index in [4.69, 9.17) is 4.74 Å². The summed E-state index contributed by atoms with van der Waals surface area (Å²) in [7, 11) is 1.56. The summed E-state index contributed by atoms with van der Waals surface area (Å²) in [6, 6.07) is 17.6. The van der Waals surface area contributed by atoms with Crippen molar-refractivity contribution in [2.45, 2.75) is 57.4 Å². The third-order valence-corrected chi connectivity index (χ3v) is 12.6. The van der Waals surface area contributed by atoms with Crippen molar-refractivity contribution in [1.29, 1.82) is 5.26 Å². The van der Waals surface area contributed by atoms with Gasteiger partial charge in [-0.1, -0.05) is 0 Å². The first-order valence-electron chi connectivity index (χ1n) is 20.2. The minimum atomic E-state index is -4.58. The Kier molecular flexibility index (Phi) is 10.9. The summed E-state index contributed by atoms with van der Waals surface area (Å²) in [5.41, 5.74) is 3.88. The summed E-state index contributed by atoms with van der Waals surface area (Å²) >= 11 is 0. The first-order valence-corrected chi connectivity index (χ1v) is 20.2. The molecule has 3 aromatic rings.